The molecule has 0 atom stereocenters. The average molecular weight is 275 g/mol. The van der Waals surface area contributed by atoms with Crippen molar-refractivity contribution in [1.29, 1.82) is 0 Å². The van der Waals surface area contributed by atoms with E-state index in [0.29, 0.717) is 37.2 Å². The number of furan rings is 1. The van der Waals surface area contributed by atoms with Crippen molar-refractivity contribution in [3.05, 3.63) is 36.1 Å². The van der Waals surface area contributed by atoms with Gasteiger partial charge in [0, 0.05) is 38.0 Å². The Hall–Kier alpha value is -1.85. The number of carbonyl (C=O) groups excluding carboxylic acids is 1. The lowest BCUT2D eigenvalue weighted by Gasteiger charge is -2.31. The molecule has 5 nitrogen and oxygen atoms in total. The first-order valence-electron chi connectivity index (χ1n) is 6.73. The topological polar surface area (TPSA) is 71.7 Å². The maximum Gasteiger partial charge on any atom is 0.255 e. The van der Waals surface area contributed by atoms with Gasteiger partial charge in [-0.1, -0.05) is 18.2 Å². The highest BCUT2D eigenvalue weighted by atomic mass is 16.5. The summed E-state index contributed by atoms with van der Waals surface area (Å²) in [7, 11) is 0. The molecule has 1 aromatic heterocycles. The Kier molecular flexibility index (Phi) is 3.46. The van der Waals surface area contributed by atoms with Gasteiger partial charge in [0.15, 0.2) is 0 Å². The lowest BCUT2D eigenvalue weighted by atomic mass is 9.94. The number of ether oxygens (including phenoxy) is 1. The van der Waals surface area contributed by atoms with Crippen molar-refractivity contribution >= 4 is 16.9 Å². The van der Waals surface area contributed by atoms with Crippen LogP contribution in [0.1, 0.15) is 23.2 Å². The molecule has 5 heteroatoms. The fraction of sp³-hybridized carbons (Fsp3) is 0.400. The molecule has 0 bridgehead atoms. The Morgan fingerprint density at radius 3 is 2.85 bits per heavy atom. The molecule has 3 rings (SSSR count). The van der Waals surface area contributed by atoms with Crippen LogP contribution in [0.15, 0.2) is 34.9 Å². The van der Waals surface area contributed by atoms with Crippen LogP contribution in [-0.4, -0.2) is 36.4 Å². The molecule has 0 aliphatic carbocycles. The van der Waals surface area contributed by atoms with Gasteiger partial charge in [0.1, 0.15) is 11.8 Å². The van der Waals surface area contributed by atoms with Crippen molar-refractivity contribution in [2.45, 2.75) is 18.4 Å². The van der Waals surface area contributed by atoms with Gasteiger partial charge < -0.3 is 19.6 Å². The molecule has 20 heavy (non-hydrogen) atoms. The van der Waals surface area contributed by atoms with Gasteiger partial charge in [0.25, 0.3) is 5.91 Å². The highest BCUT2D eigenvalue weighted by Gasteiger charge is 2.30. The fourth-order valence-corrected chi connectivity index (χ4v) is 2.42. The van der Waals surface area contributed by atoms with E-state index in [0.717, 1.165) is 5.39 Å². The van der Waals surface area contributed by atoms with Crippen molar-refractivity contribution in [2.75, 3.05) is 19.8 Å². The summed E-state index contributed by atoms with van der Waals surface area (Å²) >= 11 is 0. The third-order valence-electron chi connectivity index (χ3n) is 3.73. The molecule has 1 aliphatic heterocycles. The quantitative estimate of drug-likeness (QED) is 0.894. The first kappa shape index (κ1) is 13.1. The standard InChI is InChI=1S/C15H17NO4/c17-14(16-10-15(18)5-7-19-8-6-15)12-9-20-13-4-2-1-3-11(12)13/h1-4,9,18H,5-8,10H2,(H,16,17). The van der Waals surface area contributed by atoms with Crippen molar-refractivity contribution in [3.63, 3.8) is 0 Å². The van der Waals surface area contributed by atoms with Crippen LogP contribution >= 0.6 is 0 Å². The maximum atomic E-state index is 12.2. The molecule has 1 saturated heterocycles. The van der Waals surface area contributed by atoms with Gasteiger partial charge in [0.2, 0.25) is 0 Å². The summed E-state index contributed by atoms with van der Waals surface area (Å²) in [6.45, 7) is 1.29. The van der Waals surface area contributed by atoms with Crippen molar-refractivity contribution in [1.82, 2.24) is 5.32 Å². The van der Waals surface area contributed by atoms with Crippen molar-refractivity contribution < 1.29 is 19.1 Å². The van der Waals surface area contributed by atoms with E-state index in [4.69, 9.17) is 9.15 Å². The van der Waals surface area contributed by atoms with Gasteiger partial charge in [-0.25, -0.2) is 0 Å². The Morgan fingerprint density at radius 1 is 1.30 bits per heavy atom. The van der Waals surface area contributed by atoms with E-state index in [1.807, 2.05) is 24.3 Å². The summed E-state index contributed by atoms with van der Waals surface area (Å²) in [5, 5.41) is 13.9. The Balaban J connectivity index is 1.70. The number of fused-ring (bicyclic) bond motifs is 1. The summed E-state index contributed by atoms with van der Waals surface area (Å²) in [6, 6.07) is 7.38. The molecule has 0 radical (unpaired) electrons. The van der Waals surface area contributed by atoms with Crippen LogP contribution in [0, 0.1) is 0 Å². The lowest BCUT2D eigenvalue weighted by Crippen LogP contribution is -2.46. The number of para-hydroxylation sites is 1. The minimum Gasteiger partial charge on any atom is -0.463 e. The zero-order valence-corrected chi connectivity index (χ0v) is 11.1. The Bertz CT molecular complexity index is 613. The Labute approximate surface area is 116 Å². The second-order valence-electron chi connectivity index (χ2n) is 5.16. The second-order valence-corrected chi connectivity index (χ2v) is 5.16. The normalized spacial score (nSPS) is 18.1. The molecule has 2 heterocycles. The maximum absolute atomic E-state index is 12.2. The molecule has 0 spiro atoms. The van der Waals surface area contributed by atoms with Crippen LogP contribution in [0.2, 0.25) is 0 Å². The smallest absolute Gasteiger partial charge is 0.255 e. The third-order valence-corrected chi connectivity index (χ3v) is 3.73. The van der Waals surface area contributed by atoms with Gasteiger partial charge in [-0.05, 0) is 6.07 Å². The molecule has 0 saturated carbocycles. The molecule has 1 aliphatic rings. The first-order chi connectivity index (χ1) is 9.68. The molecule has 2 N–H and O–H groups in total. The molecule has 1 amide bonds. The van der Waals surface area contributed by atoms with Crippen LogP contribution in [-0.2, 0) is 4.74 Å². The molecule has 1 aromatic carbocycles. The van der Waals surface area contributed by atoms with Crippen molar-refractivity contribution in [2.24, 2.45) is 0 Å². The molecule has 2 aromatic rings. The number of aliphatic hydroxyl groups is 1. The van der Waals surface area contributed by atoms with Crippen LogP contribution in [0.3, 0.4) is 0 Å². The minimum absolute atomic E-state index is 0.227. The molecular weight excluding hydrogens is 258 g/mol. The van der Waals surface area contributed by atoms with E-state index < -0.39 is 5.60 Å². The van der Waals surface area contributed by atoms with Crippen LogP contribution in [0.25, 0.3) is 11.0 Å². The van der Waals surface area contributed by atoms with E-state index in [9.17, 15) is 9.90 Å². The van der Waals surface area contributed by atoms with Gasteiger partial charge in [-0.15, -0.1) is 0 Å². The largest absolute Gasteiger partial charge is 0.463 e. The molecule has 0 unspecified atom stereocenters. The lowest BCUT2D eigenvalue weighted by molar-refractivity contribution is -0.0605. The highest BCUT2D eigenvalue weighted by Crippen LogP contribution is 2.22. The van der Waals surface area contributed by atoms with Crippen LogP contribution in [0.5, 0.6) is 0 Å². The number of amides is 1. The monoisotopic (exact) mass is 275 g/mol. The number of rotatable bonds is 3. The van der Waals surface area contributed by atoms with E-state index in [1.165, 1.54) is 6.26 Å². The van der Waals surface area contributed by atoms with E-state index in [-0.39, 0.29) is 12.5 Å². The van der Waals surface area contributed by atoms with Crippen LogP contribution < -0.4 is 5.32 Å². The van der Waals surface area contributed by atoms with Gasteiger partial charge >= 0.3 is 0 Å². The number of hydrogen-bond acceptors (Lipinski definition) is 4. The zero-order chi connectivity index (χ0) is 14.0. The fourth-order valence-electron chi connectivity index (χ4n) is 2.42. The van der Waals surface area contributed by atoms with E-state index in [2.05, 4.69) is 5.32 Å². The SMILES string of the molecule is O=C(NCC1(O)CCOCC1)c1coc2ccccc12. The predicted molar refractivity (Wildman–Crippen MR) is 73.6 cm³/mol. The van der Waals surface area contributed by atoms with Crippen molar-refractivity contribution in [3.8, 4) is 0 Å². The van der Waals surface area contributed by atoms with Gasteiger partial charge in [-0.3, -0.25) is 4.79 Å². The minimum atomic E-state index is -0.868. The van der Waals surface area contributed by atoms with Crippen LogP contribution in [0.4, 0.5) is 0 Å². The van der Waals surface area contributed by atoms with Gasteiger partial charge in [0.05, 0.1) is 11.2 Å². The predicted octanol–water partition coefficient (Wildman–Crippen LogP) is 1.70. The van der Waals surface area contributed by atoms with E-state index >= 15 is 0 Å². The second kappa shape index (κ2) is 5.26. The molecular formula is C15H17NO4. The molecule has 106 valence electrons. The number of carbonyl (C=O) groups is 1. The molecule has 1 fully saturated rings. The highest BCUT2D eigenvalue weighted by molar-refractivity contribution is 6.05. The summed E-state index contributed by atoms with van der Waals surface area (Å²) < 4.78 is 10.6. The summed E-state index contributed by atoms with van der Waals surface area (Å²) in [5.41, 5.74) is 0.312. The first-order valence-corrected chi connectivity index (χ1v) is 6.73. The summed E-state index contributed by atoms with van der Waals surface area (Å²) in [4.78, 5) is 12.2. The average Bonchev–Trinajstić information content (AvgIpc) is 2.90. The van der Waals surface area contributed by atoms with Gasteiger partial charge in [-0.2, -0.15) is 0 Å². The number of nitrogens with one attached hydrogen (secondary N) is 1. The number of hydrogen-bond donors (Lipinski definition) is 2. The summed E-state index contributed by atoms with van der Waals surface area (Å²) in [6.07, 6.45) is 2.53. The number of benzene rings is 1. The Morgan fingerprint density at radius 2 is 2.05 bits per heavy atom. The van der Waals surface area contributed by atoms with E-state index in [1.54, 1.807) is 0 Å². The zero-order valence-electron chi connectivity index (χ0n) is 11.1. The summed E-state index contributed by atoms with van der Waals surface area (Å²) in [5.74, 6) is -0.227. The third kappa shape index (κ3) is 2.55.